The molecule has 0 unspecified atom stereocenters. The molecule has 0 fully saturated rings. The quantitative estimate of drug-likeness (QED) is 0.776. The molecule has 0 aliphatic carbocycles. The molecule has 0 saturated heterocycles. The number of hydrogen-bond donors (Lipinski definition) is 0. The zero-order valence-electron chi connectivity index (χ0n) is 10.6. The second-order valence-electron chi connectivity index (χ2n) is 4.45. The third-order valence-electron chi connectivity index (χ3n) is 2.51. The van der Waals surface area contributed by atoms with Crippen molar-refractivity contribution in [2.75, 3.05) is 11.4 Å². The van der Waals surface area contributed by atoms with E-state index in [0.29, 0.717) is 11.1 Å². The first-order chi connectivity index (χ1) is 8.24. The van der Waals surface area contributed by atoms with Crippen LogP contribution in [0.3, 0.4) is 0 Å². The van der Waals surface area contributed by atoms with Crippen molar-refractivity contribution in [3.8, 4) is 0 Å². The van der Waals surface area contributed by atoms with Crippen LogP contribution in [0.25, 0.3) is 0 Å². The molecule has 102 valence electrons. The summed E-state index contributed by atoms with van der Waals surface area (Å²) in [5, 5.41) is 0.641. The molecule has 0 N–H and O–H groups in total. The number of rotatable bonds is 4. The van der Waals surface area contributed by atoms with Gasteiger partial charge in [0.2, 0.25) is 0 Å². The summed E-state index contributed by atoms with van der Waals surface area (Å²) in [5.74, 6) is 0.395. The zero-order chi connectivity index (χ0) is 13.9. The van der Waals surface area contributed by atoms with Gasteiger partial charge in [0.1, 0.15) is 12.4 Å². The summed E-state index contributed by atoms with van der Waals surface area (Å²) in [6.07, 6.45) is -2.63. The molecule has 18 heavy (non-hydrogen) atoms. The summed E-state index contributed by atoms with van der Waals surface area (Å²) < 4.78 is 37.7. The molecular formula is C12H16BrF3N2. The van der Waals surface area contributed by atoms with Crippen LogP contribution in [0, 0.1) is 6.92 Å². The maximum absolute atomic E-state index is 12.6. The van der Waals surface area contributed by atoms with E-state index in [1.54, 1.807) is 27.0 Å². The summed E-state index contributed by atoms with van der Waals surface area (Å²) >= 11 is 3.30. The predicted molar refractivity (Wildman–Crippen MR) is 70.1 cm³/mol. The Morgan fingerprint density at radius 1 is 1.39 bits per heavy atom. The molecule has 6 heteroatoms. The summed E-state index contributed by atoms with van der Waals surface area (Å²) in [7, 11) is 0. The first-order valence-corrected chi connectivity index (χ1v) is 6.71. The van der Waals surface area contributed by atoms with E-state index in [-0.39, 0.29) is 6.04 Å². The van der Waals surface area contributed by atoms with Gasteiger partial charge in [0.15, 0.2) is 0 Å². The number of pyridine rings is 1. The number of aromatic nitrogens is 1. The Bertz CT molecular complexity index is 405. The molecule has 1 aromatic rings. The largest absolute Gasteiger partial charge is 0.405 e. The molecule has 0 aliphatic heterocycles. The number of aryl methyl sites for hydroxylation is 1. The van der Waals surface area contributed by atoms with Gasteiger partial charge in [-0.05, 0) is 31.9 Å². The Kier molecular flexibility index (Phi) is 5.01. The van der Waals surface area contributed by atoms with Crippen LogP contribution in [-0.2, 0) is 5.33 Å². The molecule has 0 spiro atoms. The predicted octanol–water partition coefficient (Wildman–Crippen LogP) is 4.06. The molecule has 1 aromatic heterocycles. The van der Waals surface area contributed by atoms with Gasteiger partial charge in [-0.25, -0.2) is 4.98 Å². The Labute approximate surface area is 113 Å². The average molecular weight is 325 g/mol. The lowest BCUT2D eigenvalue weighted by atomic mass is 10.2. The number of hydrogen-bond acceptors (Lipinski definition) is 2. The van der Waals surface area contributed by atoms with Crippen molar-refractivity contribution in [2.45, 2.75) is 38.3 Å². The molecule has 0 bridgehead atoms. The van der Waals surface area contributed by atoms with Gasteiger partial charge in [0.25, 0.3) is 0 Å². The van der Waals surface area contributed by atoms with Gasteiger partial charge in [-0.2, -0.15) is 13.2 Å². The van der Waals surface area contributed by atoms with E-state index in [1.807, 2.05) is 6.07 Å². The van der Waals surface area contributed by atoms with Gasteiger partial charge in [-0.3, -0.25) is 0 Å². The minimum Gasteiger partial charge on any atom is -0.345 e. The minimum absolute atomic E-state index is 0.257. The third kappa shape index (κ3) is 4.15. The molecule has 1 rings (SSSR count). The van der Waals surface area contributed by atoms with E-state index in [9.17, 15) is 13.2 Å². The van der Waals surface area contributed by atoms with Crippen molar-refractivity contribution in [2.24, 2.45) is 0 Å². The monoisotopic (exact) mass is 324 g/mol. The summed E-state index contributed by atoms with van der Waals surface area (Å²) in [5.41, 5.74) is 1.71. The van der Waals surface area contributed by atoms with Crippen molar-refractivity contribution >= 4 is 21.7 Å². The van der Waals surface area contributed by atoms with E-state index >= 15 is 0 Å². The van der Waals surface area contributed by atoms with Crippen molar-refractivity contribution in [1.82, 2.24) is 4.98 Å². The molecule has 0 aliphatic rings. The summed E-state index contributed by atoms with van der Waals surface area (Å²) in [6, 6.07) is 1.59. The van der Waals surface area contributed by atoms with E-state index in [0.717, 1.165) is 11.1 Å². The highest BCUT2D eigenvalue weighted by molar-refractivity contribution is 9.08. The van der Waals surface area contributed by atoms with Crippen LogP contribution in [0.2, 0.25) is 0 Å². The van der Waals surface area contributed by atoms with Gasteiger partial charge < -0.3 is 4.90 Å². The van der Waals surface area contributed by atoms with Crippen LogP contribution in [-0.4, -0.2) is 23.7 Å². The Balaban J connectivity index is 3.06. The SMILES string of the molecule is Cc1cc(CBr)cnc1N(CC(F)(F)F)C(C)C. The fourth-order valence-electron chi connectivity index (χ4n) is 1.69. The summed E-state index contributed by atoms with van der Waals surface area (Å²) in [4.78, 5) is 5.42. The molecule has 0 radical (unpaired) electrons. The van der Waals surface area contributed by atoms with E-state index in [1.165, 1.54) is 4.90 Å². The lowest BCUT2D eigenvalue weighted by molar-refractivity contribution is -0.120. The van der Waals surface area contributed by atoms with Crippen LogP contribution in [0.5, 0.6) is 0 Å². The maximum Gasteiger partial charge on any atom is 0.405 e. The smallest absolute Gasteiger partial charge is 0.345 e. The number of nitrogens with zero attached hydrogens (tertiary/aromatic N) is 2. The lowest BCUT2D eigenvalue weighted by Gasteiger charge is -2.30. The Morgan fingerprint density at radius 2 is 2.00 bits per heavy atom. The molecule has 1 heterocycles. The third-order valence-corrected chi connectivity index (χ3v) is 3.15. The maximum atomic E-state index is 12.6. The number of halogens is 4. The molecule has 0 aromatic carbocycles. The zero-order valence-corrected chi connectivity index (χ0v) is 12.1. The number of alkyl halides is 4. The fourth-order valence-corrected chi connectivity index (χ4v) is 2.00. The first-order valence-electron chi connectivity index (χ1n) is 5.59. The van der Waals surface area contributed by atoms with Crippen molar-refractivity contribution in [3.05, 3.63) is 23.4 Å². The van der Waals surface area contributed by atoms with Gasteiger partial charge in [0, 0.05) is 17.6 Å². The van der Waals surface area contributed by atoms with Crippen molar-refractivity contribution in [3.63, 3.8) is 0 Å². The molecule has 0 atom stereocenters. The Morgan fingerprint density at radius 3 is 2.39 bits per heavy atom. The second kappa shape index (κ2) is 5.91. The van der Waals surface area contributed by atoms with E-state index in [2.05, 4.69) is 20.9 Å². The van der Waals surface area contributed by atoms with Crippen LogP contribution < -0.4 is 4.90 Å². The molecular weight excluding hydrogens is 309 g/mol. The van der Waals surface area contributed by atoms with Crippen molar-refractivity contribution < 1.29 is 13.2 Å². The van der Waals surface area contributed by atoms with Gasteiger partial charge in [-0.1, -0.05) is 22.0 Å². The van der Waals surface area contributed by atoms with Crippen LogP contribution >= 0.6 is 15.9 Å². The highest BCUT2D eigenvalue weighted by atomic mass is 79.9. The molecule has 0 amide bonds. The average Bonchev–Trinajstić information content (AvgIpc) is 2.24. The fraction of sp³-hybridized carbons (Fsp3) is 0.583. The van der Waals surface area contributed by atoms with Gasteiger partial charge in [0.05, 0.1) is 0 Å². The van der Waals surface area contributed by atoms with E-state index < -0.39 is 12.7 Å². The van der Waals surface area contributed by atoms with Crippen LogP contribution in [0.15, 0.2) is 12.3 Å². The highest BCUT2D eigenvalue weighted by Gasteiger charge is 2.33. The second-order valence-corrected chi connectivity index (χ2v) is 5.02. The van der Waals surface area contributed by atoms with Crippen LogP contribution in [0.1, 0.15) is 25.0 Å². The molecule has 2 nitrogen and oxygen atoms in total. The van der Waals surface area contributed by atoms with Gasteiger partial charge >= 0.3 is 6.18 Å². The van der Waals surface area contributed by atoms with Gasteiger partial charge in [-0.15, -0.1) is 0 Å². The van der Waals surface area contributed by atoms with Crippen LogP contribution in [0.4, 0.5) is 19.0 Å². The lowest BCUT2D eigenvalue weighted by Crippen LogP contribution is -2.40. The Hall–Kier alpha value is -0.780. The highest BCUT2D eigenvalue weighted by Crippen LogP contribution is 2.25. The standard InChI is InChI=1S/C12H16BrF3N2/c1-8(2)18(7-12(14,15)16)11-9(3)4-10(5-13)6-17-11/h4,6,8H,5,7H2,1-3H3. The van der Waals surface area contributed by atoms with Crippen molar-refractivity contribution in [1.29, 1.82) is 0 Å². The topological polar surface area (TPSA) is 16.1 Å². The minimum atomic E-state index is -4.23. The molecule has 0 saturated carbocycles. The number of anilines is 1. The first kappa shape index (κ1) is 15.3. The van der Waals surface area contributed by atoms with E-state index in [4.69, 9.17) is 0 Å². The summed E-state index contributed by atoms with van der Waals surface area (Å²) in [6.45, 7) is 4.25. The normalized spacial score (nSPS) is 12.0.